The maximum Gasteiger partial charge on any atom is 0.409 e. The second kappa shape index (κ2) is 5.87. The highest BCUT2D eigenvalue weighted by Gasteiger charge is 2.65. The molecule has 3 heterocycles. The van der Waals surface area contributed by atoms with Gasteiger partial charge in [0.25, 0.3) is 0 Å². The molecule has 0 aromatic rings. The quantitative estimate of drug-likeness (QED) is 0.746. The summed E-state index contributed by atoms with van der Waals surface area (Å²) in [7, 11) is 0. The van der Waals surface area contributed by atoms with Gasteiger partial charge in [0.05, 0.1) is 6.61 Å². The van der Waals surface area contributed by atoms with Crippen molar-refractivity contribution in [1.82, 2.24) is 14.7 Å². The second-order valence-electron chi connectivity index (χ2n) is 10.6. The standard InChI is InChI=1S/C22H33N3O3/c1-2-28-20(27)23-8-6-21(14-23)10-15(11-21)24-12-16-17(13-24)18(16)19(26)25-9-7-22(25)4-3-5-22/h15-18H,2-14H2,1H3/t15?,16-,17+,18?,21?. The lowest BCUT2D eigenvalue weighted by atomic mass is 9.64. The van der Waals surface area contributed by atoms with E-state index in [2.05, 4.69) is 9.80 Å². The summed E-state index contributed by atoms with van der Waals surface area (Å²) in [5.74, 6) is 2.09. The Labute approximate surface area is 167 Å². The van der Waals surface area contributed by atoms with Crippen molar-refractivity contribution in [2.24, 2.45) is 23.2 Å². The maximum atomic E-state index is 13.0. The molecule has 6 aliphatic rings. The highest BCUT2D eigenvalue weighted by molar-refractivity contribution is 5.84. The van der Waals surface area contributed by atoms with E-state index in [1.165, 1.54) is 38.5 Å². The van der Waals surface area contributed by atoms with E-state index in [-0.39, 0.29) is 6.09 Å². The van der Waals surface area contributed by atoms with E-state index in [9.17, 15) is 9.59 Å². The van der Waals surface area contributed by atoms with Crippen LogP contribution in [0, 0.1) is 23.2 Å². The Hall–Kier alpha value is -1.30. The summed E-state index contributed by atoms with van der Waals surface area (Å²) in [5.41, 5.74) is 0.648. The molecule has 6 fully saturated rings. The van der Waals surface area contributed by atoms with Crippen molar-refractivity contribution in [2.75, 3.05) is 39.3 Å². The highest BCUT2D eigenvalue weighted by Crippen LogP contribution is 2.59. The molecule has 1 unspecified atom stereocenters. The number of hydrogen-bond donors (Lipinski definition) is 0. The van der Waals surface area contributed by atoms with Gasteiger partial charge in [-0.2, -0.15) is 0 Å². The van der Waals surface area contributed by atoms with Gasteiger partial charge < -0.3 is 14.5 Å². The van der Waals surface area contributed by atoms with Crippen molar-refractivity contribution < 1.29 is 14.3 Å². The van der Waals surface area contributed by atoms with Gasteiger partial charge >= 0.3 is 6.09 Å². The van der Waals surface area contributed by atoms with E-state index in [1.807, 2.05) is 11.8 Å². The zero-order valence-electron chi connectivity index (χ0n) is 17.1. The molecule has 154 valence electrons. The molecule has 6 heteroatoms. The monoisotopic (exact) mass is 387 g/mol. The van der Waals surface area contributed by atoms with Crippen molar-refractivity contribution in [2.45, 2.75) is 63.5 Å². The highest BCUT2D eigenvalue weighted by atomic mass is 16.6. The normalized spacial score (nSPS) is 42.8. The van der Waals surface area contributed by atoms with Crippen molar-refractivity contribution >= 4 is 12.0 Å². The van der Waals surface area contributed by atoms with Crippen LogP contribution in [0.5, 0.6) is 0 Å². The minimum atomic E-state index is -0.137. The summed E-state index contributed by atoms with van der Waals surface area (Å²) in [6.07, 6.45) is 8.49. The molecule has 6 rings (SSSR count). The van der Waals surface area contributed by atoms with Gasteiger partial charge in [0.2, 0.25) is 5.91 Å². The molecule has 28 heavy (non-hydrogen) atoms. The smallest absolute Gasteiger partial charge is 0.409 e. The molecule has 3 atom stereocenters. The number of carbonyl (C=O) groups is 2. The lowest BCUT2D eigenvalue weighted by Gasteiger charge is -2.59. The lowest BCUT2D eigenvalue weighted by Crippen LogP contribution is -2.66. The first-order valence-corrected chi connectivity index (χ1v) is 11.5. The molecule has 3 saturated heterocycles. The Kier molecular flexibility index (Phi) is 3.68. The SMILES string of the molecule is CCOC(=O)N1CCC2(CC(N3C[C@@H]4C(C(=O)N5CCC56CCC6)[C@@H]4C3)C2)C1. The number of hydrogen-bond acceptors (Lipinski definition) is 4. The summed E-state index contributed by atoms with van der Waals surface area (Å²) >= 11 is 0. The maximum absolute atomic E-state index is 13.0. The van der Waals surface area contributed by atoms with Gasteiger partial charge in [-0.3, -0.25) is 9.69 Å². The van der Waals surface area contributed by atoms with E-state index in [1.54, 1.807) is 0 Å². The summed E-state index contributed by atoms with van der Waals surface area (Å²) in [6.45, 7) is 7.33. The van der Waals surface area contributed by atoms with Crippen LogP contribution in [0.25, 0.3) is 0 Å². The number of ether oxygens (including phenoxy) is 1. The van der Waals surface area contributed by atoms with Crippen LogP contribution in [-0.4, -0.2) is 77.6 Å². The third-order valence-electron chi connectivity index (χ3n) is 9.25. The summed E-state index contributed by atoms with van der Waals surface area (Å²) in [5, 5.41) is 0. The number of carbonyl (C=O) groups excluding carboxylic acids is 2. The molecule has 0 bridgehead atoms. The molecular formula is C22H33N3O3. The van der Waals surface area contributed by atoms with E-state index in [0.29, 0.717) is 47.3 Å². The molecule has 0 radical (unpaired) electrons. The Balaban J connectivity index is 0.987. The third-order valence-corrected chi connectivity index (χ3v) is 9.25. The molecule has 2 amide bonds. The average Bonchev–Trinajstić information content (AvgIpc) is 2.95. The largest absolute Gasteiger partial charge is 0.450 e. The van der Waals surface area contributed by atoms with Crippen molar-refractivity contribution in [3.8, 4) is 0 Å². The molecule has 0 N–H and O–H groups in total. The Morgan fingerprint density at radius 2 is 1.79 bits per heavy atom. The van der Waals surface area contributed by atoms with Gasteiger partial charge in [-0.05, 0) is 69.1 Å². The van der Waals surface area contributed by atoms with Gasteiger partial charge in [0.15, 0.2) is 0 Å². The molecular weight excluding hydrogens is 354 g/mol. The van der Waals surface area contributed by atoms with Gasteiger partial charge in [0.1, 0.15) is 0 Å². The molecule has 6 nitrogen and oxygen atoms in total. The Bertz CT molecular complexity index is 682. The molecule has 0 aromatic heterocycles. The minimum Gasteiger partial charge on any atom is -0.450 e. The van der Waals surface area contributed by atoms with Crippen LogP contribution in [0.15, 0.2) is 0 Å². The molecule has 3 aliphatic carbocycles. The van der Waals surface area contributed by atoms with Crippen LogP contribution in [0.2, 0.25) is 0 Å². The van der Waals surface area contributed by atoms with Gasteiger partial charge in [-0.15, -0.1) is 0 Å². The zero-order valence-corrected chi connectivity index (χ0v) is 17.1. The predicted octanol–water partition coefficient (Wildman–Crippen LogP) is 2.33. The zero-order chi connectivity index (χ0) is 19.1. The topological polar surface area (TPSA) is 53.1 Å². The average molecular weight is 388 g/mol. The van der Waals surface area contributed by atoms with Gasteiger partial charge in [-0.1, -0.05) is 0 Å². The molecule has 2 spiro atoms. The van der Waals surface area contributed by atoms with Crippen LogP contribution in [0.4, 0.5) is 4.79 Å². The first-order chi connectivity index (χ1) is 13.5. The summed E-state index contributed by atoms with van der Waals surface area (Å²) in [4.78, 5) is 31.8. The minimum absolute atomic E-state index is 0.137. The van der Waals surface area contributed by atoms with Crippen molar-refractivity contribution in [1.29, 1.82) is 0 Å². The second-order valence-corrected chi connectivity index (χ2v) is 10.6. The Morgan fingerprint density at radius 3 is 2.36 bits per heavy atom. The predicted molar refractivity (Wildman–Crippen MR) is 104 cm³/mol. The van der Waals surface area contributed by atoms with Crippen LogP contribution in [0.1, 0.15) is 51.9 Å². The van der Waals surface area contributed by atoms with E-state index >= 15 is 0 Å². The lowest BCUT2D eigenvalue weighted by molar-refractivity contribution is -0.158. The third kappa shape index (κ3) is 2.36. The first kappa shape index (κ1) is 17.5. The van der Waals surface area contributed by atoms with Gasteiger partial charge in [0, 0.05) is 50.2 Å². The number of nitrogens with zero attached hydrogens (tertiary/aromatic N) is 3. The van der Waals surface area contributed by atoms with E-state index in [0.717, 1.165) is 39.1 Å². The van der Waals surface area contributed by atoms with Crippen LogP contribution >= 0.6 is 0 Å². The number of rotatable bonds is 3. The number of fused-ring (bicyclic) bond motifs is 1. The molecule has 3 saturated carbocycles. The number of likely N-dealkylation sites (tertiary alicyclic amines) is 3. The number of amides is 2. The fourth-order valence-electron chi connectivity index (χ4n) is 7.23. The van der Waals surface area contributed by atoms with Crippen molar-refractivity contribution in [3.05, 3.63) is 0 Å². The van der Waals surface area contributed by atoms with Crippen LogP contribution in [-0.2, 0) is 9.53 Å². The fraction of sp³-hybridized carbons (Fsp3) is 0.909. The summed E-state index contributed by atoms with van der Waals surface area (Å²) < 4.78 is 5.17. The van der Waals surface area contributed by atoms with Gasteiger partial charge in [-0.25, -0.2) is 4.79 Å². The Morgan fingerprint density at radius 1 is 1.04 bits per heavy atom. The first-order valence-electron chi connectivity index (χ1n) is 11.5. The van der Waals surface area contributed by atoms with E-state index in [4.69, 9.17) is 4.74 Å². The number of piperidine rings is 1. The van der Waals surface area contributed by atoms with Crippen LogP contribution in [0.3, 0.4) is 0 Å². The fourth-order valence-corrected chi connectivity index (χ4v) is 7.23. The van der Waals surface area contributed by atoms with Crippen molar-refractivity contribution in [3.63, 3.8) is 0 Å². The van der Waals surface area contributed by atoms with Crippen LogP contribution < -0.4 is 0 Å². The molecule has 0 aromatic carbocycles. The molecule has 3 aliphatic heterocycles. The van der Waals surface area contributed by atoms with E-state index < -0.39 is 0 Å². The summed E-state index contributed by atoms with van der Waals surface area (Å²) in [6, 6.07) is 0.674.